The molecule has 3 rings (SSSR count). The minimum atomic E-state index is -4.38. The molecule has 0 bridgehead atoms. The van der Waals surface area contributed by atoms with Gasteiger partial charge in [-0.25, -0.2) is 17.2 Å². The Morgan fingerprint density at radius 3 is 2.13 bits per heavy atom. The number of sulfonamides is 1. The van der Waals surface area contributed by atoms with Crippen LogP contribution in [0.25, 0.3) is 0 Å². The van der Waals surface area contributed by atoms with E-state index in [2.05, 4.69) is 5.32 Å². The van der Waals surface area contributed by atoms with Crippen molar-refractivity contribution in [3.8, 4) is 0 Å². The van der Waals surface area contributed by atoms with Gasteiger partial charge in [-0.2, -0.15) is 0 Å². The molecule has 1 N–H and O–H groups in total. The second-order valence-corrected chi connectivity index (χ2v) is 10.6. The molecule has 0 fully saturated rings. The molecule has 2 amide bonds. The highest BCUT2D eigenvalue weighted by molar-refractivity contribution is 7.92. The lowest BCUT2D eigenvalue weighted by molar-refractivity contribution is -0.139. The molecule has 0 saturated heterocycles. The topological polar surface area (TPSA) is 86.8 Å². The minimum Gasteiger partial charge on any atom is -0.354 e. The zero-order valence-electron chi connectivity index (χ0n) is 21.3. The van der Waals surface area contributed by atoms with Crippen molar-refractivity contribution >= 4 is 27.5 Å². The summed E-state index contributed by atoms with van der Waals surface area (Å²) in [6, 6.07) is 17.3. The summed E-state index contributed by atoms with van der Waals surface area (Å²) in [5, 5.41) is 2.75. The third kappa shape index (κ3) is 6.95. The third-order valence-corrected chi connectivity index (χ3v) is 7.80. The van der Waals surface area contributed by atoms with Crippen LogP contribution in [-0.4, -0.2) is 44.3 Å². The smallest absolute Gasteiger partial charge is 0.264 e. The van der Waals surface area contributed by atoms with Crippen molar-refractivity contribution in [2.75, 3.05) is 17.4 Å². The van der Waals surface area contributed by atoms with E-state index in [1.807, 2.05) is 6.92 Å². The highest BCUT2D eigenvalue weighted by Gasteiger charge is 2.33. The van der Waals surface area contributed by atoms with Crippen molar-refractivity contribution < 1.29 is 26.8 Å². The minimum absolute atomic E-state index is 0.137. The fourth-order valence-corrected chi connectivity index (χ4v) is 5.26. The van der Waals surface area contributed by atoms with E-state index in [0.29, 0.717) is 10.8 Å². The number of nitrogens with one attached hydrogen (secondary N) is 1. The molecule has 0 saturated carbocycles. The maximum absolute atomic E-state index is 14.9. The second-order valence-electron chi connectivity index (χ2n) is 8.71. The average Bonchev–Trinajstić information content (AvgIpc) is 2.91. The van der Waals surface area contributed by atoms with Crippen molar-refractivity contribution in [2.45, 2.75) is 44.2 Å². The van der Waals surface area contributed by atoms with Gasteiger partial charge >= 0.3 is 0 Å². The largest absolute Gasteiger partial charge is 0.354 e. The first-order chi connectivity index (χ1) is 18.2. The zero-order valence-corrected chi connectivity index (χ0v) is 22.1. The van der Waals surface area contributed by atoms with E-state index in [-0.39, 0.29) is 22.7 Å². The van der Waals surface area contributed by atoms with Gasteiger partial charge in [0.2, 0.25) is 11.8 Å². The number of unbranched alkanes of at least 4 members (excludes halogenated alkanes) is 1. The van der Waals surface area contributed by atoms with Gasteiger partial charge in [0, 0.05) is 18.7 Å². The normalized spacial score (nSPS) is 12.0. The number of hydrogen-bond donors (Lipinski definition) is 1. The van der Waals surface area contributed by atoms with Gasteiger partial charge in [0.05, 0.1) is 10.6 Å². The van der Waals surface area contributed by atoms with Crippen LogP contribution >= 0.6 is 0 Å². The molecule has 202 valence electrons. The van der Waals surface area contributed by atoms with Crippen LogP contribution in [0.1, 0.15) is 32.3 Å². The molecule has 0 radical (unpaired) electrons. The molecular formula is C28H31F2N3O4S. The van der Waals surface area contributed by atoms with E-state index in [4.69, 9.17) is 0 Å². The molecule has 3 aromatic rings. The Balaban J connectivity index is 2.01. The van der Waals surface area contributed by atoms with Gasteiger partial charge in [-0.3, -0.25) is 13.9 Å². The fourth-order valence-electron chi connectivity index (χ4n) is 3.82. The average molecular weight is 544 g/mol. The summed E-state index contributed by atoms with van der Waals surface area (Å²) in [5.41, 5.74) is -0.173. The standard InChI is InChI=1S/C28H31F2N3O4S/c1-3-4-18-31-28(35)21(2)32(19-22-12-8-9-15-24(22)29)27(34)20-33(26-17-11-10-16-25(26)30)38(36,37)23-13-6-5-7-14-23/h5-17,21H,3-4,18-20H2,1-2H3,(H,31,35)/t21-/m1/s1. The summed E-state index contributed by atoms with van der Waals surface area (Å²) >= 11 is 0. The summed E-state index contributed by atoms with van der Waals surface area (Å²) < 4.78 is 57.2. The lowest BCUT2D eigenvalue weighted by atomic mass is 10.1. The molecule has 38 heavy (non-hydrogen) atoms. The lowest BCUT2D eigenvalue weighted by Crippen LogP contribution is -2.51. The van der Waals surface area contributed by atoms with Crippen LogP contribution in [0.4, 0.5) is 14.5 Å². The number of anilines is 1. The van der Waals surface area contributed by atoms with E-state index >= 15 is 0 Å². The number of hydrogen-bond acceptors (Lipinski definition) is 4. The molecule has 0 heterocycles. The molecular weight excluding hydrogens is 512 g/mol. The first kappa shape index (κ1) is 28.8. The summed E-state index contributed by atoms with van der Waals surface area (Å²) in [7, 11) is -4.38. The number of amides is 2. The number of nitrogens with zero attached hydrogens (tertiary/aromatic N) is 2. The van der Waals surface area contributed by atoms with E-state index in [9.17, 15) is 26.8 Å². The Morgan fingerprint density at radius 2 is 1.50 bits per heavy atom. The summed E-state index contributed by atoms with van der Waals surface area (Å²) in [6.45, 7) is 2.75. The highest BCUT2D eigenvalue weighted by Crippen LogP contribution is 2.27. The molecule has 7 nitrogen and oxygen atoms in total. The van der Waals surface area contributed by atoms with Crippen molar-refractivity contribution in [3.63, 3.8) is 0 Å². The van der Waals surface area contributed by atoms with Gasteiger partial charge < -0.3 is 10.2 Å². The SMILES string of the molecule is CCCCNC(=O)[C@@H](C)N(Cc1ccccc1F)C(=O)CN(c1ccccc1F)S(=O)(=O)c1ccccc1. The van der Waals surface area contributed by atoms with Crippen LogP contribution in [0, 0.1) is 11.6 Å². The second kappa shape index (κ2) is 13.1. The third-order valence-electron chi connectivity index (χ3n) is 6.03. The monoisotopic (exact) mass is 543 g/mol. The van der Waals surface area contributed by atoms with Gasteiger partial charge in [-0.05, 0) is 43.7 Å². The van der Waals surface area contributed by atoms with E-state index in [1.54, 1.807) is 12.1 Å². The Bertz CT molecular complexity index is 1350. The number of rotatable bonds is 12. The van der Waals surface area contributed by atoms with Crippen molar-refractivity contribution in [1.29, 1.82) is 0 Å². The molecule has 0 aliphatic heterocycles. The first-order valence-electron chi connectivity index (χ1n) is 12.3. The quantitative estimate of drug-likeness (QED) is 0.341. The van der Waals surface area contributed by atoms with Crippen molar-refractivity contribution in [3.05, 3.63) is 96.1 Å². The summed E-state index contributed by atoms with van der Waals surface area (Å²) in [4.78, 5) is 27.5. The Morgan fingerprint density at radius 1 is 0.895 bits per heavy atom. The Labute approximate surface area is 222 Å². The molecule has 3 aromatic carbocycles. The van der Waals surface area contributed by atoms with Gasteiger partial charge in [0.25, 0.3) is 10.0 Å². The van der Waals surface area contributed by atoms with Gasteiger partial charge in [-0.15, -0.1) is 0 Å². The predicted molar refractivity (Wildman–Crippen MR) is 142 cm³/mol. The van der Waals surface area contributed by atoms with Gasteiger partial charge in [0.15, 0.2) is 0 Å². The van der Waals surface area contributed by atoms with Gasteiger partial charge in [-0.1, -0.05) is 61.9 Å². The molecule has 0 aromatic heterocycles. The van der Waals surface area contributed by atoms with Crippen LogP contribution in [0.15, 0.2) is 83.8 Å². The van der Waals surface area contributed by atoms with E-state index < -0.39 is 46.1 Å². The molecule has 0 aliphatic rings. The first-order valence-corrected chi connectivity index (χ1v) is 13.7. The molecule has 0 spiro atoms. The van der Waals surface area contributed by atoms with Crippen molar-refractivity contribution in [2.24, 2.45) is 0 Å². The number of benzene rings is 3. The highest BCUT2D eigenvalue weighted by atomic mass is 32.2. The van der Waals surface area contributed by atoms with E-state index in [0.717, 1.165) is 23.8 Å². The van der Waals surface area contributed by atoms with E-state index in [1.165, 1.54) is 67.6 Å². The van der Waals surface area contributed by atoms with Crippen LogP contribution in [-0.2, 0) is 26.2 Å². The predicted octanol–water partition coefficient (Wildman–Crippen LogP) is 4.49. The summed E-state index contributed by atoms with van der Waals surface area (Å²) in [6.07, 6.45) is 1.58. The molecule has 1 atom stereocenters. The number of para-hydroxylation sites is 1. The zero-order chi connectivity index (χ0) is 27.7. The molecule has 10 heteroatoms. The summed E-state index contributed by atoms with van der Waals surface area (Å²) in [5.74, 6) is -2.68. The molecule has 0 unspecified atom stereocenters. The van der Waals surface area contributed by atoms with Crippen LogP contribution in [0.3, 0.4) is 0 Å². The maximum atomic E-state index is 14.9. The number of halogens is 2. The van der Waals surface area contributed by atoms with Crippen LogP contribution in [0.5, 0.6) is 0 Å². The lowest BCUT2D eigenvalue weighted by Gasteiger charge is -2.32. The van der Waals surface area contributed by atoms with Crippen LogP contribution in [0.2, 0.25) is 0 Å². The van der Waals surface area contributed by atoms with Crippen LogP contribution < -0.4 is 9.62 Å². The maximum Gasteiger partial charge on any atom is 0.264 e. The number of carbonyl (C=O) groups is 2. The fraction of sp³-hybridized carbons (Fsp3) is 0.286. The Hall–Kier alpha value is -3.79. The van der Waals surface area contributed by atoms with Gasteiger partial charge in [0.1, 0.15) is 24.2 Å². The Kier molecular flexibility index (Phi) is 9.95. The number of carbonyl (C=O) groups excluding carboxylic acids is 2. The molecule has 0 aliphatic carbocycles. The van der Waals surface area contributed by atoms with Crippen molar-refractivity contribution in [1.82, 2.24) is 10.2 Å².